The fourth-order valence-electron chi connectivity index (χ4n) is 3.46. The first kappa shape index (κ1) is 16.5. The number of nitrogens with zero attached hydrogens (tertiary/aromatic N) is 3. The molecule has 4 aromatic rings. The van der Waals surface area contributed by atoms with Crippen LogP contribution >= 0.6 is 22.9 Å². The van der Waals surface area contributed by atoms with Crippen LogP contribution in [0.3, 0.4) is 0 Å². The lowest BCUT2D eigenvalue weighted by molar-refractivity contribution is 0.0729. The van der Waals surface area contributed by atoms with Crippen LogP contribution < -0.4 is 0 Å². The third-order valence-electron chi connectivity index (χ3n) is 4.78. The number of hydrogen-bond donors (Lipinski definition) is 2. The van der Waals surface area contributed by atoms with Crippen LogP contribution in [0.25, 0.3) is 22.3 Å². The zero-order valence-corrected chi connectivity index (χ0v) is 15.5. The van der Waals surface area contributed by atoms with Crippen molar-refractivity contribution in [2.24, 2.45) is 0 Å². The number of benzene rings is 1. The van der Waals surface area contributed by atoms with Gasteiger partial charge in [-0.2, -0.15) is 5.10 Å². The van der Waals surface area contributed by atoms with Crippen molar-refractivity contribution in [2.45, 2.75) is 13.0 Å². The van der Waals surface area contributed by atoms with Crippen LogP contribution in [0, 0.1) is 5.82 Å². The molecule has 3 aromatic heterocycles. The second-order valence-electron chi connectivity index (χ2n) is 6.41. The number of thiazole rings is 1. The molecule has 0 spiro atoms. The molecule has 9 heteroatoms. The van der Waals surface area contributed by atoms with E-state index in [1.165, 1.54) is 23.5 Å². The van der Waals surface area contributed by atoms with Crippen molar-refractivity contribution in [3.05, 3.63) is 56.9 Å². The lowest BCUT2D eigenvalue weighted by Crippen LogP contribution is -2.36. The van der Waals surface area contributed by atoms with Gasteiger partial charge in [0, 0.05) is 35.0 Å². The van der Waals surface area contributed by atoms with E-state index in [-0.39, 0.29) is 10.9 Å². The van der Waals surface area contributed by atoms with Gasteiger partial charge in [-0.1, -0.05) is 11.6 Å². The standard InChI is InChI=1S/C18H13ClFN5OS/c19-12-3-9(20)4-14-10(12)5-15(22-14)18(26)25-2-1-13-11(6-25)17(24-23-13)16-7-27-8-21-16/h3-5,7-8,22H,1-2,6H2,(H,23,24). The predicted octanol–water partition coefficient (Wildman–Crippen LogP) is 4.01. The van der Waals surface area contributed by atoms with Crippen molar-refractivity contribution < 1.29 is 9.18 Å². The van der Waals surface area contributed by atoms with Crippen LogP contribution in [-0.2, 0) is 13.0 Å². The number of hydrogen-bond acceptors (Lipinski definition) is 4. The lowest BCUT2D eigenvalue weighted by atomic mass is 10.0. The maximum absolute atomic E-state index is 13.6. The molecule has 0 bridgehead atoms. The Morgan fingerprint density at radius 1 is 1.33 bits per heavy atom. The first-order valence-electron chi connectivity index (χ1n) is 8.32. The molecule has 1 aliphatic rings. The zero-order chi connectivity index (χ0) is 18.5. The number of carbonyl (C=O) groups excluding carboxylic acids is 1. The molecule has 1 amide bonds. The van der Waals surface area contributed by atoms with Crippen LogP contribution in [0.1, 0.15) is 21.7 Å². The van der Waals surface area contributed by atoms with E-state index in [9.17, 15) is 9.18 Å². The van der Waals surface area contributed by atoms with Crippen molar-refractivity contribution in [3.63, 3.8) is 0 Å². The summed E-state index contributed by atoms with van der Waals surface area (Å²) >= 11 is 7.60. The molecule has 5 rings (SSSR count). The highest BCUT2D eigenvalue weighted by molar-refractivity contribution is 7.07. The fraction of sp³-hybridized carbons (Fsp3) is 0.167. The molecule has 2 N–H and O–H groups in total. The fourth-order valence-corrected chi connectivity index (χ4v) is 4.25. The summed E-state index contributed by atoms with van der Waals surface area (Å²) in [5.41, 5.74) is 6.26. The summed E-state index contributed by atoms with van der Waals surface area (Å²) in [4.78, 5) is 22.1. The highest BCUT2D eigenvalue weighted by Crippen LogP contribution is 2.30. The second kappa shape index (κ2) is 6.17. The maximum atomic E-state index is 13.6. The van der Waals surface area contributed by atoms with Gasteiger partial charge in [0.25, 0.3) is 5.91 Å². The van der Waals surface area contributed by atoms with E-state index < -0.39 is 5.82 Å². The van der Waals surface area contributed by atoms with Gasteiger partial charge in [0.2, 0.25) is 0 Å². The number of nitrogens with one attached hydrogen (secondary N) is 2. The number of fused-ring (bicyclic) bond motifs is 2. The number of amides is 1. The lowest BCUT2D eigenvalue weighted by Gasteiger charge is -2.26. The van der Waals surface area contributed by atoms with Crippen molar-refractivity contribution in [1.29, 1.82) is 0 Å². The second-order valence-corrected chi connectivity index (χ2v) is 7.54. The van der Waals surface area contributed by atoms with E-state index in [1.54, 1.807) is 16.5 Å². The monoisotopic (exact) mass is 401 g/mol. The largest absolute Gasteiger partial charge is 0.350 e. The zero-order valence-electron chi connectivity index (χ0n) is 13.9. The van der Waals surface area contributed by atoms with Gasteiger partial charge >= 0.3 is 0 Å². The Bertz CT molecular complexity index is 1170. The summed E-state index contributed by atoms with van der Waals surface area (Å²) in [6, 6.07) is 4.25. The third-order valence-corrected chi connectivity index (χ3v) is 5.68. The molecule has 0 fully saturated rings. The van der Waals surface area contributed by atoms with E-state index >= 15 is 0 Å². The summed E-state index contributed by atoms with van der Waals surface area (Å²) in [5.74, 6) is -0.596. The minimum absolute atomic E-state index is 0.154. The Morgan fingerprint density at radius 2 is 2.22 bits per heavy atom. The first-order chi connectivity index (χ1) is 13.1. The molecule has 0 aliphatic carbocycles. The summed E-state index contributed by atoms with van der Waals surface area (Å²) in [5, 5.41) is 10.3. The number of rotatable bonds is 2. The molecular formula is C18H13ClFN5OS. The molecule has 0 atom stereocenters. The van der Waals surface area contributed by atoms with Crippen molar-refractivity contribution in [1.82, 2.24) is 25.1 Å². The minimum Gasteiger partial charge on any atom is -0.350 e. The molecule has 136 valence electrons. The van der Waals surface area contributed by atoms with E-state index in [2.05, 4.69) is 20.2 Å². The van der Waals surface area contributed by atoms with Gasteiger partial charge in [0.1, 0.15) is 22.9 Å². The third kappa shape index (κ3) is 2.72. The highest BCUT2D eigenvalue weighted by atomic mass is 35.5. The summed E-state index contributed by atoms with van der Waals surface area (Å²) in [6.07, 6.45) is 0.688. The molecule has 1 aromatic carbocycles. The number of aromatic amines is 2. The van der Waals surface area contributed by atoms with Gasteiger partial charge in [-0.15, -0.1) is 11.3 Å². The summed E-state index contributed by atoms with van der Waals surface area (Å²) in [6.45, 7) is 1.01. The van der Waals surface area contributed by atoms with Gasteiger partial charge in [0.05, 0.1) is 22.6 Å². The van der Waals surface area contributed by atoms with E-state index in [4.69, 9.17) is 11.6 Å². The Balaban J connectivity index is 1.47. The molecule has 0 saturated carbocycles. The first-order valence-corrected chi connectivity index (χ1v) is 9.64. The smallest absolute Gasteiger partial charge is 0.270 e. The number of halogens is 2. The van der Waals surface area contributed by atoms with Crippen LogP contribution in [0.5, 0.6) is 0 Å². The topological polar surface area (TPSA) is 77.7 Å². The van der Waals surface area contributed by atoms with Crippen molar-refractivity contribution in [2.75, 3.05) is 6.54 Å². The van der Waals surface area contributed by atoms with E-state index in [0.717, 1.165) is 22.6 Å². The Morgan fingerprint density at radius 3 is 3.04 bits per heavy atom. The SMILES string of the molecule is O=C(c1cc2c(Cl)cc(F)cc2[nH]1)N1CCc2[nH]nc(-c3cscn3)c2C1. The summed E-state index contributed by atoms with van der Waals surface area (Å²) < 4.78 is 13.6. The molecular weight excluding hydrogens is 389 g/mol. The van der Waals surface area contributed by atoms with E-state index in [1.807, 2.05) is 5.38 Å². The Hall–Kier alpha value is -2.71. The van der Waals surface area contributed by atoms with Crippen LogP contribution in [0.2, 0.25) is 5.02 Å². The number of carbonyl (C=O) groups is 1. The molecule has 1 aliphatic heterocycles. The van der Waals surface area contributed by atoms with Crippen LogP contribution in [0.15, 0.2) is 29.1 Å². The molecule has 6 nitrogen and oxygen atoms in total. The van der Waals surface area contributed by atoms with E-state index in [0.29, 0.717) is 36.1 Å². The van der Waals surface area contributed by atoms with Crippen molar-refractivity contribution >= 4 is 39.7 Å². The van der Waals surface area contributed by atoms with Crippen LogP contribution in [-0.4, -0.2) is 37.5 Å². The summed E-state index contributed by atoms with van der Waals surface area (Å²) in [7, 11) is 0. The average molecular weight is 402 g/mol. The van der Waals surface area contributed by atoms with Crippen LogP contribution in [0.4, 0.5) is 4.39 Å². The molecule has 27 heavy (non-hydrogen) atoms. The number of H-pyrrole nitrogens is 2. The molecule has 0 saturated heterocycles. The van der Waals surface area contributed by atoms with Gasteiger partial charge in [-0.25, -0.2) is 9.37 Å². The predicted molar refractivity (Wildman–Crippen MR) is 101 cm³/mol. The Labute approximate surface area is 162 Å². The minimum atomic E-state index is -0.442. The maximum Gasteiger partial charge on any atom is 0.270 e. The molecule has 0 radical (unpaired) electrons. The van der Waals surface area contributed by atoms with Gasteiger partial charge in [-0.3, -0.25) is 9.89 Å². The quantitative estimate of drug-likeness (QED) is 0.532. The normalized spacial score (nSPS) is 13.9. The molecule has 4 heterocycles. The number of aromatic nitrogens is 4. The van der Waals surface area contributed by atoms with Gasteiger partial charge in [-0.05, 0) is 18.2 Å². The van der Waals surface area contributed by atoms with Crippen molar-refractivity contribution in [3.8, 4) is 11.4 Å². The Kier molecular flexibility index (Phi) is 3.76. The highest BCUT2D eigenvalue weighted by Gasteiger charge is 2.27. The van der Waals surface area contributed by atoms with Gasteiger partial charge < -0.3 is 9.88 Å². The average Bonchev–Trinajstić information content (AvgIpc) is 3.38. The van der Waals surface area contributed by atoms with Gasteiger partial charge in [0.15, 0.2) is 0 Å². The molecule has 0 unspecified atom stereocenters.